The normalized spacial score (nSPS) is 28.0. The minimum Gasteiger partial charge on any atom is -0.380 e. The Bertz CT molecular complexity index is 580. The number of rotatable bonds is 4. The van der Waals surface area contributed by atoms with E-state index in [0.29, 0.717) is 50.9 Å². The van der Waals surface area contributed by atoms with Gasteiger partial charge < -0.3 is 9.26 Å². The summed E-state index contributed by atoms with van der Waals surface area (Å²) >= 11 is 0. The quantitative estimate of drug-likeness (QED) is 0.821. The molecular formula is C13H21N3O4S. The van der Waals surface area contributed by atoms with E-state index in [4.69, 9.17) is 9.26 Å². The molecule has 0 unspecified atom stereocenters. The molecule has 7 nitrogen and oxygen atoms in total. The second-order valence-corrected chi connectivity index (χ2v) is 7.84. The number of aromatic nitrogens is 2. The van der Waals surface area contributed by atoms with Gasteiger partial charge in [0.15, 0.2) is 5.82 Å². The van der Waals surface area contributed by atoms with Gasteiger partial charge in [-0.25, -0.2) is 12.7 Å². The Labute approximate surface area is 124 Å². The van der Waals surface area contributed by atoms with Crippen LogP contribution < -0.4 is 0 Å². The molecule has 0 N–H and O–H groups in total. The van der Waals surface area contributed by atoms with Gasteiger partial charge in [-0.05, 0) is 19.3 Å². The van der Waals surface area contributed by atoms with Crippen LogP contribution in [-0.2, 0) is 21.2 Å². The van der Waals surface area contributed by atoms with Gasteiger partial charge in [0.05, 0.1) is 6.61 Å². The lowest BCUT2D eigenvalue weighted by Crippen LogP contribution is -2.44. The van der Waals surface area contributed by atoms with Crippen LogP contribution >= 0.6 is 0 Å². The Morgan fingerprint density at radius 2 is 2.24 bits per heavy atom. The van der Waals surface area contributed by atoms with Gasteiger partial charge in [0.2, 0.25) is 15.9 Å². The van der Waals surface area contributed by atoms with Crippen LogP contribution in [0.5, 0.6) is 0 Å². The lowest BCUT2D eigenvalue weighted by molar-refractivity contribution is 0.197. The summed E-state index contributed by atoms with van der Waals surface area (Å²) in [5.74, 6) is 1.27. The second kappa shape index (κ2) is 6.02. The summed E-state index contributed by atoms with van der Waals surface area (Å²) in [4.78, 5) is 4.34. The molecule has 0 amide bonds. The predicted molar refractivity (Wildman–Crippen MR) is 75.4 cm³/mol. The molecule has 2 saturated heterocycles. The first-order valence-corrected chi connectivity index (χ1v) is 9.00. The average Bonchev–Trinajstić information content (AvgIpc) is 3.19. The Kier molecular flexibility index (Phi) is 4.28. The van der Waals surface area contributed by atoms with Gasteiger partial charge in [0, 0.05) is 32.0 Å². The van der Waals surface area contributed by atoms with Crippen molar-refractivity contribution >= 4 is 10.0 Å². The molecule has 21 heavy (non-hydrogen) atoms. The first-order chi connectivity index (χ1) is 10.1. The van der Waals surface area contributed by atoms with Crippen LogP contribution in [0.25, 0.3) is 0 Å². The van der Waals surface area contributed by atoms with Crippen LogP contribution in [0, 0.1) is 0 Å². The molecule has 2 aliphatic rings. The van der Waals surface area contributed by atoms with Crippen molar-refractivity contribution in [1.82, 2.24) is 14.4 Å². The summed E-state index contributed by atoms with van der Waals surface area (Å²) in [5.41, 5.74) is 0. The van der Waals surface area contributed by atoms with Crippen molar-refractivity contribution in [1.29, 1.82) is 0 Å². The number of hydrogen-bond acceptors (Lipinski definition) is 6. The number of hydrogen-bond donors (Lipinski definition) is 0. The third-order valence-corrected chi connectivity index (χ3v) is 6.47. The van der Waals surface area contributed by atoms with E-state index in [-0.39, 0.29) is 5.92 Å². The molecule has 1 aromatic rings. The molecule has 0 aromatic carbocycles. The molecule has 2 atom stereocenters. The van der Waals surface area contributed by atoms with Gasteiger partial charge in [-0.3, -0.25) is 0 Å². The van der Waals surface area contributed by atoms with Crippen molar-refractivity contribution in [2.75, 3.05) is 26.3 Å². The van der Waals surface area contributed by atoms with Crippen molar-refractivity contribution in [3.63, 3.8) is 0 Å². The van der Waals surface area contributed by atoms with E-state index in [9.17, 15) is 8.42 Å². The van der Waals surface area contributed by atoms with Crippen LogP contribution in [0.1, 0.15) is 43.8 Å². The van der Waals surface area contributed by atoms with Crippen molar-refractivity contribution < 1.29 is 17.7 Å². The zero-order chi connectivity index (χ0) is 14.9. The summed E-state index contributed by atoms with van der Waals surface area (Å²) < 4.78 is 37.2. The van der Waals surface area contributed by atoms with Crippen LogP contribution in [0.4, 0.5) is 0 Å². The monoisotopic (exact) mass is 315 g/mol. The minimum atomic E-state index is -3.28. The highest BCUT2D eigenvalue weighted by Gasteiger charge is 2.38. The molecule has 118 valence electrons. The van der Waals surface area contributed by atoms with Crippen molar-refractivity contribution in [2.24, 2.45) is 0 Å². The Morgan fingerprint density at radius 1 is 1.38 bits per heavy atom. The number of ether oxygens (including phenoxy) is 1. The van der Waals surface area contributed by atoms with E-state index >= 15 is 0 Å². The van der Waals surface area contributed by atoms with Crippen LogP contribution in [0.3, 0.4) is 0 Å². The van der Waals surface area contributed by atoms with Gasteiger partial charge in [-0.15, -0.1) is 0 Å². The van der Waals surface area contributed by atoms with Gasteiger partial charge in [0.1, 0.15) is 5.25 Å². The third kappa shape index (κ3) is 2.97. The summed E-state index contributed by atoms with van der Waals surface area (Å²) in [6.07, 6.45) is 3.01. The molecule has 0 radical (unpaired) electrons. The van der Waals surface area contributed by atoms with Crippen molar-refractivity contribution in [3.8, 4) is 0 Å². The summed E-state index contributed by atoms with van der Waals surface area (Å²) in [5, 5.41) is 3.60. The topological polar surface area (TPSA) is 85.5 Å². The van der Waals surface area contributed by atoms with Gasteiger partial charge in [0.25, 0.3) is 0 Å². The maximum absolute atomic E-state index is 12.6. The fraction of sp³-hybridized carbons (Fsp3) is 0.846. The number of nitrogens with zero attached hydrogens (tertiary/aromatic N) is 3. The number of aryl methyl sites for hydroxylation is 1. The highest BCUT2D eigenvalue weighted by Crippen LogP contribution is 2.29. The van der Waals surface area contributed by atoms with Crippen molar-refractivity contribution in [3.05, 3.63) is 11.7 Å². The Balaban J connectivity index is 1.73. The molecule has 8 heteroatoms. The molecule has 0 spiro atoms. The fourth-order valence-corrected chi connectivity index (χ4v) is 4.78. The number of piperidine rings is 1. The summed E-state index contributed by atoms with van der Waals surface area (Å²) in [7, 11) is -3.28. The third-order valence-electron chi connectivity index (χ3n) is 4.20. The standard InChI is InChI=1S/C13H21N3O4S/c1-2-12-14-13(15-20-12)10-4-3-6-16(8-10)21(17,18)11-5-7-19-9-11/h10-11H,2-9H2,1H3/t10-,11+/m1/s1. The predicted octanol–water partition coefficient (Wildman–Crippen LogP) is 0.930. The Hall–Kier alpha value is -0.990. The van der Waals surface area contributed by atoms with Gasteiger partial charge in [-0.2, -0.15) is 4.98 Å². The lowest BCUT2D eigenvalue weighted by atomic mass is 9.99. The smallest absolute Gasteiger partial charge is 0.226 e. The second-order valence-electron chi connectivity index (χ2n) is 5.63. The van der Waals surface area contributed by atoms with Crippen LogP contribution in [0.2, 0.25) is 0 Å². The molecule has 3 heterocycles. The highest BCUT2D eigenvalue weighted by atomic mass is 32.2. The lowest BCUT2D eigenvalue weighted by Gasteiger charge is -2.32. The van der Waals surface area contributed by atoms with E-state index in [1.54, 1.807) is 4.31 Å². The molecule has 0 aliphatic carbocycles. The molecule has 2 fully saturated rings. The first-order valence-electron chi connectivity index (χ1n) is 7.50. The molecule has 2 aliphatic heterocycles. The summed E-state index contributed by atoms with van der Waals surface area (Å²) in [6.45, 7) is 3.82. The minimum absolute atomic E-state index is 0.0277. The largest absolute Gasteiger partial charge is 0.380 e. The van der Waals surface area contributed by atoms with E-state index in [1.807, 2.05) is 6.92 Å². The SMILES string of the molecule is CCc1nc([C@@H]2CCCN(S(=O)(=O)[C@H]3CCOC3)C2)no1. The van der Waals surface area contributed by atoms with E-state index in [2.05, 4.69) is 10.1 Å². The molecule has 0 bridgehead atoms. The molecule has 3 rings (SSSR count). The van der Waals surface area contributed by atoms with Crippen LogP contribution in [0.15, 0.2) is 4.52 Å². The van der Waals surface area contributed by atoms with E-state index < -0.39 is 15.3 Å². The van der Waals surface area contributed by atoms with Gasteiger partial charge in [-0.1, -0.05) is 12.1 Å². The average molecular weight is 315 g/mol. The molecule has 0 saturated carbocycles. The summed E-state index contributed by atoms with van der Waals surface area (Å²) in [6, 6.07) is 0. The van der Waals surface area contributed by atoms with Gasteiger partial charge >= 0.3 is 0 Å². The zero-order valence-electron chi connectivity index (χ0n) is 12.2. The van der Waals surface area contributed by atoms with Crippen LogP contribution in [-0.4, -0.2) is 54.4 Å². The molecule has 1 aromatic heterocycles. The Morgan fingerprint density at radius 3 is 2.90 bits per heavy atom. The highest BCUT2D eigenvalue weighted by molar-refractivity contribution is 7.89. The first kappa shape index (κ1) is 14.9. The van der Waals surface area contributed by atoms with E-state index in [0.717, 1.165) is 12.8 Å². The zero-order valence-corrected chi connectivity index (χ0v) is 13.0. The maximum atomic E-state index is 12.6. The maximum Gasteiger partial charge on any atom is 0.226 e. The van der Waals surface area contributed by atoms with E-state index in [1.165, 1.54) is 0 Å². The van der Waals surface area contributed by atoms with Crippen molar-refractivity contribution in [2.45, 2.75) is 43.8 Å². The fourth-order valence-electron chi connectivity index (χ4n) is 2.92. The molecular weight excluding hydrogens is 294 g/mol. The number of sulfonamides is 1.